The normalized spacial score (nSPS) is 19.1. The van der Waals surface area contributed by atoms with E-state index in [4.69, 9.17) is 14.2 Å². The fourth-order valence-corrected chi connectivity index (χ4v) is 4.81. The van der Waals surface area contributed by atoms with Gasteiger partial charge in [-0.15, -0.1) is 0 Å². The number of hydrogen-bond acceptors (Lipinski definition) is 7. The van der Waals surface area contributed by atoms with E-state index in [-0.39, 0.29) is 24.6 Å². The smallest absolute Gasteiger partial charge is 0.329 e. The minimum Gasteiger partial charge on any atom is -0.480 e. The molecule has 1 aliphatic carbocycles. The third-order valence-corrected chi connectivity index (χ3v) is 7.81. The SMILES string of the molecule is CCC(CC)(NC(=O)c1ccc(N2CC(OC)C2)c(OC[C@H]2C[C@@H]2CCOCc2ccccc2)n1)C(=O)O. The van der Waals surface area contributed by atoms with E-state index in [2.05, 4.69) is 27.3 Å². The first-order valence-electron chi connectivity index (χ1n) is 13.5. The summed E-state index contributed by atoms with van der Waals surface area (Å²) in [5.74, 6) is -0.209. The van der Waals surface area contributed by atoms with Gasteiger partial charge in [-0.3, -0.25) is 4.79 Å². The van der Waals surface area contributed by atoms with Gasteiger partial charge >= 0.3 is 5.97 Å². The van der Waals surface area contributed by atoms with Gasteiger partial charge in [0.2, 0.25) is 5.88 Å². The maximum atomic E-state index is 13.0. The molecule has 1 saturated heterocycles. The Morgan fingerprint density at radius 2 is 1.84 bits per heavy atom. The Labute approximate surface area is 224 Å². The predicted octanol–water partition coefficient (Wildman–Crippen LogP) is 3.91. The van der Waals surface area contributed by atoms with Gasteiger partial charge in [-0.1, -0.05) is 44.2 Å². The molecule has 1 amide bonds. The Balaban J connectivity index is 1.35. The number of rotatable bonds is 15. The van der Waals surface area contributed by atoms with E-state index in [1.54, 1.807) is 27.0 Å². The first-order valence-corrected chi connectivity index (χ1v) is 13.5. The van der Waals surface area contributed by atoms with Crippen LogP contribution in [0.1, 0.15) is 55.6 Å². The molecular formula is C29H39N3O6. The first-order chi connectivity index (χ1) is 18.4. The monoisotopic (exact) mass is 525 g/mol. The van der Waals surface area contributed by atoms with Crippen molar-refractivity contribution in [2.75, 3.05) is 38.3 Å². The van der Waals surface area contributed by atoms with Crippen LogP contribution in [0.15, 0.2) is 42.5 Å². The molecule has 9 nitrogen and oxygen atoms in total. The molecule has 0 radical (unpaired) electrons. The van der Waals surface area contributed by atoms with Crippen molar-refractivity contribution in [3.8, 4) is 5.88 Å². The van der Waals surface area contributed by atoms with Crippen molar-refractivity contribution in [1.29, 1.82) is 0 Å². The number of pyridine rings is 1. The lowest BCUT2D eigenvalue weighted by Crippen LogP contribution is -2.54. The largest absolute Gasteiger partial charge is 0.480 e. The molecule has 2 aliphatic rings. The highest BCUT2D eigenvalue weighted by Gasteiger charge is 2.39. The average molecular weight is 526 g/mol. The minimum absolute atomic E-state index is 0.141. The van der Waals surface area contributed by atoms with Gasteiger partial charge < -0.3 is 29.5 Å². The number of carboxylic acids is 1. The number of carboxylic acid groups (broad SMARTS) is 1. The average Bonchev–Trinajstić information content (AvgIpc) is 3.67. The van der Waals surface area contributed by atoms with Crippen LogP contribution < -0.4 is 15.0 Å². The van der Waals surface area contributed by atoms with Crippen LogP contribution >= 0.6 is 0 Å². The molecule has 0 spiro atoms. The Hall–Kier alpha value is -3.17. The van der Waals surface area contributed by atoms with Crippen LogP contribution in [-0.4, -0.2) is 67.0 Å². The second kappa shape index (κ2) is 12.6. The van der Waals surface area contributed by atoms with Gasteiger partial charge in [-0.25, -0.2) is 9.78 Å². The van der Waals surface area contributed by atoms with Crippen LogP contribution in [0.3, 0.4) is 0 Å². The highest BCUT2D eigenvalue weighted by molar-refractivity contribution is 5.96. The fourth-order valence-electron chi connectivity index (χ4n) is 4.81. The van der Waals surface area contributed by atoms with E-state index >= 15 is 0 Å². The Bertz CT molecular complexity index is 1080. The lowest BCUT2D eigenvalue weighted by Gasteiger charge is -2.40. The number of anilines is 1. The van der Waals surface area contributed by atoms with Gasteiger partial charge in [-0.2, -0.15) is 0 Å². The van der Waals surface area contributed by atoms with E-state index in [1.165, 1.54) is 5.56 Å². The topological polar surface area (TPSA) is 110 Å². The summed E-state index contributed by atoms with van der Waals surface area (Å²) >= 11 is 0. The summed E-state index contributed by atoms with van der Waals surface area (Å²) in [5.41, 5.74) is 0.798. The number of benzene rings is 1. The Kier molecular flexibility index (Phi) is 9.22. The molecule has 0 unspecified atom stereocenters. The highest BCUT2D eigenvalue weighted by Crippen LogP contribution is 2.42. The van der Waals surface area contributed by atoms with Crippen LogP contribution in [0.2, 0.25) is 0 Å². The molecule has 1 aromatic carbocycles. The molecule has 2 fully saturated rings. The Morgan fingerprint density at radius 3 is 2.50 bits per heavy atom. The van der Waals surface area contributed by atoms with Crippen LogP contribution in [0.5, 0.6) is 5.88 Å². The van der Waals surface area contributed by atoms with Gasteiger partial charge in [0.05, 0.1) is 19.3 Å². The predicted molar refractivity (Wildman–Crippen MR) is 143 cm³/mol. The number of nitrogens with one attached hydrogen (secondary N) is 1. The fraction of sp³-hybridized carbons (Fsp3) is 0.552. The number of aliphatic carboxylic acids is 1. The quantitative estimate of drug-likeness (QED) is 0.337. The molecule has 9 heteroatoms. The lowest BCUT2D eigenvalue weighted by molar-refractivity contribution is -0.144. The van der Waals surface area contributed by atoms with Crippen LogP contribution in [0, 0.1) is 11.8 Å². The summed E-state index contributed by atoms with van der Waals surface area (Å²) in [6.45, 7) is 6.78. The standard InChI is InChI=1S/C29H39N3O6/c1-4-29(5-2,28(34)35)31-26(33)24-11-12-25(32-16-23(17-32)36-3)27(30-24)38-19-22-15-21(22)13-14-37-18-20-9-7-6-8-10-20/h6-12,21-23H,4-5,13-19H2,1-3H3,(H,31,33)(H,34,35)/t21-,22+/m0/s1. The summed E-state index contributed by atoms with van der Waals surface area (Å²) in [6.07, 6.45) is 2.76. The van der Waals surface area contributed by atoms with Crippen LogP contribution in [-0.2, 0) is 20.9 Å². The molecule has 206 valence electrons. The molecule has 1 saturated carbocycles. The summed E-state index contributed by atoms with van der Waals surface area (Å²) in [4.78, 5) is 31.5. The summed E-state index contributed by atoms with van der Waals surface area (Å²) in [7, 11) is 1.69. The van der Waals surface area contributed by atoms with Crippen molar-refractivity contribution >= 4 is 17.6 Å². The van der Waals surface area contributed by atoms with Crippen molar-refractivity contribution in [2.24, 2.45) is 11.8 Å². The first kappa shape index (κ1) is 27.9. The number of methoxy groups -OCH3 is 1. The van der Waals surface area contributed by atoms with Crippen molar-refractivity contribution in [2.45, 2.75) is 57.8 Å². The molecule has 2 heterocycles. The second-order valence-corrected chi connectivity index (χ2v) is 10.2. The highest BCUT2D eigenvalue weighted by atomic mass is 16.5. The van der Waals surface area contributed by atoms with E-state index in [1.807, 2.05) is 24.3 Å². The summed E-state index contributed by atoms with van der Waals surface area (Å²) < 4.78 is 17.4. The molecule has 2 N–H and O–H groups in total. The van der Waals surface area contributed by atoms with Gasteiger partial charge in [0.15, 0.2) is 0 Å². The van der Waals surface area contributed by atoms with E-state index in [0.29, 0.717) is 37.5 Å². The second-order valence-electron chi connectivity index (χ2n) is 10.2. The summed E-state index contributed by atoms with van der Waals surface area (Å²) in [5, 5.41) is 12.4. The molecule has 2 aromatic rings. The van der Waals surface area contributed by atoms with E-state index in [0.717, 1.165) is 31.6 Å². The number of carbonyl (C=O) groups excluding carboxylic acids is 1. The van der Waals surface area contributed by atoms with Crippen LogP contribution in [0.25, 0.3) is 0 Å². The van der Waals surface area contributed by atoms with E-state index < -0.39 is 17.4 Å². The van der Waals surface area contributed by atoms with Crippen molar-refractivity contribution in [3.63, 3.8) is 0 Å². The number of aromatic nitrogens is 1. The van der Waals surface area contributed by atoms with Crippen molar-refractivity contribution < 1.29 is 28.9 Å². The molecular weight excluding hydrogens is 486 g/mol. The molecule has 0 bridgehead atoms. The van der Waals surface area contributed by atoms with Gasteiger partial charge in [-0.05, 0) is 55.2 Å². The van der Waals surface area contributed by atoms with Crippen molar-refractivity contribution in [3.05, 3.63) is 53.7 Å². The van der Waals surface area contributed by atoms with Crippen LogP contribution in [0.4, 0.5) is 5.69 Å². The van der Waals surface area contributed by atoms with Gasteiger partial charge in [0, 0.05) is 26.8 Å². The number of carbonyl (C=O) groups is 2. The number of ether oxygens (including phenoxy) is 3. The van der Waals surface area contributed by atoms with Gasteiger partial charge in [0.1, 0.15) is 16.9 Å². The number of amides is 1. The number of nitrogens with zero attached hydrogens (tertiary/aromatic N) is 2. The van der Waals surface area contributed by atoms with E-state index in [9.17, 15) is 14.7 Å². The minimum atomic E-state index is -1.33. The maximum absolute atomic E-state index is 13.0. The zero-order valence-corrected chi connectivity index (χ0v) is 22.5. The molecule has 1 aliphatic heterocycles. The molecule has 38 heavy (non-hydrogen) atoms. The van der Waals surface area contributed by atoms with Crippen molar-refractivity contribution in [1.82, 2.24) is 10.3 Å². The van der Waals surface area contributed by atoms with Gasteiger partial charge in [0.25, 0.3) is 5.91 Å². The molecule has 1 aromatic heterocycles. The molecule has 2 atom stereocenters. The maximum Gasteiger partial charge on any atom is 0.329 e. The number of hydrogen-bond donors (Lipinski definition) is 2. The summed E-state index contributed by atoms with van der Waals surface area (Å²) in [6, 6.07) is 13.6. The third kappa shape index (κ3) is 6.63. The Morgan fingerprint density at radius 1 is 1.11 bits per heavy atom. The third-order valence-electron chi connectivity index (χ3n) is 7.81. The lowest BCUT2D eigenvalue weighted by atomic mass is 9.92. The zero-order chi connectivity index (χ0) is 27.1. The molecule has 4 rings (SSSR count). The zero-order valence-electron chi connectivity index (χ0n) is 22.5.